The summed E-state index contributed by atoms with van der Waals surface area (Å²) in [4.78, 5) is 0. The van der Waals surface area contributed by atoms with E-state index in [-0.39, 0.29) is 12.6 Å². The van der Waals surface area contributed by atoms with Gasteiger partial charge in [0, 0.05) is 19.7 Å². The van der Waals surface area contributed by atoms with Gasteiger partial charge in [-0.15, -0.1) is 0 Å². The predicted octanol–water partition coefficient (Wildman–Crippen LogP) is 4.00. The van der Waals surface area contributed by atoms with Crippen LogP contribution in [0.3, 0.4) is 0 Å². The van der Waals surface area contributed by atoms with Gasteiger partial charge in [-0.1, -0.05) is 24.3 Å². The molecule has 0 atom stereocenters. The monoisotopic (exact) mass is 299 g/mol. The summed E-state index contributed by atoms with van der Waals surface area (Å²) in [7, 11) is 1.55. The fourth-order valence-corrected chi connectivity index (χ4v) is 1.91. The van der Waals surface area contributed by atoms with E-state index in [1.54, 1.807) is 25.3 Å². The molecule has 0 saturated heterocycles. The Kier molecular flexibility index (Phi) is 4.80. The van der Waals surface area contributed by atoms with E-state index in [2.05, 4.69) is 5.32 Å². The molecule has 112 valence electrons. The number of benzene rings is 2. The smallest absolute Gasteiger partial charge is 0.185 e. The highest BCUT2D eigenvalue weighted by Gasteiger charge is 2.18. The number of hydrogen-bond acceptors (Lipinski definition) is 2. The molecule has 0 amide bonds. The molecule has 21 heavy (non-hydrogen) atoms. The molecule has 0 aliphatic rings. The number of anilines is 1. The van der Waals surface area contributed by atoms with Crippen molar-refractivity contribution in [2.24, 2.45) is 0 Å². The third-order valence-electron chi connectivity index (χ3n) is 2.88. The summed E-state index contributed by atoms with van der Waals surface area (Å²) in [5.74, 6) is -5.77. The summed E-state index contributed by atoms with van der Waals surface area (Å²) < 4.78 is 58.1. The Bertz CT molecular complexity index is 620. The summed E-state index contributed by atoms with van der Waals surface area (Å²) in [6.45, 7) is 0.416. The topological polar surface area (TPSA) is 21.3 Å². The lowest BCUT2D eigenvalue weighted by Gasteiger charge is -2.11. The van der Waals surface area contributed by atoms with Crippen molar-refractivity contribution in [3.05, 3.63) is 64.7 Å². The molecule has 1 N–H and O–H groups in total. The maximum atomic E-state index is 13.5. The minimum Gasteiger partial charge on any atom is -0.380 e. The molecule has 0 saturated carbocycles. The van der Waals surface area contributed by atoms with Gasteiger partial charge >= 0.3 is 0 Å². The Morgan fingerprint density at radius 3 is 2.19 bits per heavy atom. The molecule has 6 heteroatoms. The molecule has 0 spiro atoms. The van der Waals surface area contributed by atoms with Crippen LogP contribution in [0.15, 0.2) is 30.3 Å². The molecule has 0 radical (unpaired) electrons. The van der Waals surface area contributed by atoms with Crippen LogP contribution in [0.2, 0.25) is 0 Å². The Morgan fingerprint density at radius 1 is 0.952 bits per heavy atom. The first-order chi connectivity index (χ1) is 10.0. The zero-order valence-corrected chi connectivity index (χ0v) is 11.2. The van der Waals surface area contributed by atoms with Gasteiger partial charge in [0.1, 0.15) is 5.69 Å². The van der Waals surface area contributed by atoms with Crippen LogP contribution in [-0.2, 0) is 17.9 Å². The molecule has 2 rings (SSSR count). The van der Waals surface area contributed by atoms with E-state index in [1.807, 2.05) is 6.07 Å². The molecule has 0 aliphatic heterocycles. The van der Waals surface area contributed by atoms with E-state index >= 15 is 0 Å². The molecule has 0 aromatic heterocycles. The molecular formula is C15H13F4NO. The first-order valence-electron chi connectivity index (χ1n) is 6.16. The largest absolute Gasteiger partial charge is 0.380 e. The predicted molar refractivity (Wildman–Crippen MR) is 70.8 cm³/mol. The van der Waals surface area contributed by atoms with Gasteiger partial charge in [0.05, 0.1) is 6.61 Å². The average molecular weight is 299 g/mol. The summed E-state index contributed by atoms with van der Waals surface area (Å²) in [6.07, 6.45) is 0. The van der Waals surface area contributed by atoms with Crippen molar-refractivity contribution in [2.75, 3.05) is 12.4 Å². The molecular weight excluding hydrogens is 286 g/mol. The zero-order valence-electron chi connectivity index (χ0n) is 11.2. The van der Waals surface area contributed by atoms with Crippen LogP contribution < -0.4 is 5.32 Å². The SMILES string of the molecule is COCc1cccc(CNc2c(F)c(F)cc(F)c2F)c1. The lowest BCUT2D eigenvalue weighted by atomic mass is 10.1. The second-order valence-corrected chi connectivity index (χ2v) is 4.45. The Hall–Kier alpha value is -2.08. The quantitative estimate of drug-likeness (QED) is 0.665. The lowest BCUT2D eigenvalue weighted by molar-refractivity contribution is 0.185. The lowest BCUT2D eigenvalue weighted by Crippen LogP contribution is -2.07. The highest BCUT2D eigenvalue weighted by atomic mass is 19.2. The first kappa shape index (κ1) is 15.3. The molecule has 0 heterocycles. The van der Waals surface area contributed by atoms with Gasteiger partial charge in [0.2, 0.25) is 0 Å². The number of hydrogen-bond donors (Lipinski definition) is 1. The van der Waals surface area contributed by atoms with Crippen LogP contribution >= 0.6 is 0 Å². The van der Waals surface area contributed by atoms with Crippen LogP contribution in [0, 0.1) is 23.3 Å². The number of rotatable bonds is 5. The van der Waals surface area contributed by atoms with Crippen molar-refractivity contribution in [2.45, 2.75) is 13.2 Å². The Morgan fingerprint density at radius 2 is 1.57 bits per heavy atom. The van der Waals surface area contributed by atoms with Crippen molar-refractivity contribution in [3.8, 4) is 0 Å². The first-order valence-corrected chi connectivity index (χ1v) is 6.16. The Balaban J connectivity index is 2.18. The second kappa shape index (κ2) is 6.58. The number of methoxy groups -OCH3 is 1. The highest BCUT2D eigenvalue weighted by Crippen LogP contribution is 2.24. The van der Waals surface area contributed by atoms with Gasteiger partial charge in [-0.25, -0.2) is 17.6 Å². The fraction of sp³-hybridized carbons (Fsp3) is 0.200. The van der Waals surface area contributed by atoms with Crippen molar-refractivity contribution < 1.29 is 22.3 Å². The summed E-state index contributed by atoms with van der Waals surface area (Å²) in [5, 5.41) is 2.38. The van der Waals surface area contributed by atoms with Gasteiger partial charge in [0.25, 0.3) is 0 Å². The molecule has 0 bridgehead atoms. The van der Waals surface area contributed by atoms with E-state index in [9.17, 15) is 17.6 Å². The fourth-order valence-electron chi connectivity index (χ4n) is 1.91. The van der Waals surface area contributed by atoms with Crippen LogP contribution in [0.4, 0.5) is 23.2 Å². The van der Waals surface area contributed by atoms with Gasteiger partial charge in [0.15, 0.2) is 23.3 Å². The molecule has 2 aromatic carbocycles. The summed E-state index contributed by atoms with van der Waals surface area (Å²) in [5.41, 5.74) is 0.765. The van der Waals surface area contributed by atoms with Gasteiger partial charge in [-0.3, -0.25) is 0 Å². The molecule has 0 unspecified atom stereocenters. The van der Waals surface area contributed by atoms with E-state index in [0.29, 0.717) is 12.2 Å². The van der Waals surface area contributed by atoms with Gasteiger partial charge in [-0.05, 0) is 11.1 Å². The molecule has 2 aromatic rings. The standard InChI is InChI=1S/C15H13F4NO/c1-21-8-10-4-2-3-9(5-10)7-20-15-13(18)11(16)6-12(17)14(15)19/h2-6,20H,7-8H2,1H3. The maximum Gasteiger partial charge on any atom is 0.185 e. The van der Waals surface area contributed by atoms with E-state index < -0.39 is 29.0 Å². The highest BCUT2D eigenvalue weighted by molar-refractivity contribution is 5.47. The van der Waals surface area contributed by atoms with Crippen LogP contribution in [0.25, 0.3) is 0 Å². The van der Waals surface area contributed by atoms with E-state index in [4.69, 9.17) is 4.74 Å². The maximum absolute atomic E-state index is 13.5. The van der Waals surface area contributed by atoms with Gasteiger partial charge in [-0.2, -0.15) is 0 Å². The third kappa shape index (κ3) is 3.52. The van der Waals surface area contributed by atoms with Gasteiger partial charge < -0.3 is 10.1 Å². The number of halogens is 4. The van der Waals surface area contributed by atoms with Crippen molar-refractivity contribution in [1.29, 1.82) is 0 Å². The summed E-state index contributed by atoms with van der Waals surface area (Å²) >= 11 is 0. The van der Waals surface area contributed by atoms with Crippen LogP contribution in [0.5, 0.6) is 0 Å². The Labute approximate surface area is 119 Å². The van der Waals surface area contributed by atoms with Crippen LogP contribution in [0.1, 0.15) is 11.1 Å². The van der Waals surface area contributed by atoms with Crippen LogP contribution in [-0.4, -0.2) is 7.11 Å². The normalized spacial score (nSPS) is 10.7. The summed E-state index contributed by atoms with van der Waals surface area (Å²) in [6, 6.07) is 7.24. The van der Waals surface area contributed by atoms with Crippen molar-refractivity contribution in [3.63, 3.8) is 0 Å². The number of ether oxygens (including phenoxy) is 1. The van der Waals surface area contributed by atoms with E-state index in [0.717, 1.165) is 5.56 Å². The third-order valence-corrected chi connectivity index (χ3v) is 2.88. The van der Waals surface area contributed by atoms with Crippen molar-refractivity contribution >= 4 is 5.69 Å². The molecule has 0 aliphatic carbocycles. The van der Waals surface area contributed by atoms with E-state index in [1.165, 1.54) is 0 Å². The minimum absolute atomic E-state index is 0.0221. The zero-order chi connectivity index (χ0) is 15.4. The second-order valence-electron chi connectivity index (χ2n) is 4.45. The molecule has 0 fully saturated rings. The average Bonchev–Trinajstić information content (AvgIpc) is 2.46. The number of nitrogens with one attached hydrogen (secondary N) is 1. The minimum atomic E-state index is -1.44. The molecule has 2 nitrogen and oxygen atoms in total. The van der Waals surface area contributed by atoms with Crippen molar-refractivity contribution in [1.82, 2.24) is 0 Å².